The van der Waals surface area contributed by atoms with Crippen molar-refractivity contribution in [3.8, 4) is 17.2 Å². The largest absolute Gasteiger partial charge is 0.497 e. The summed E-state index contributed by atoms with van der Waals surface area (Å²) in [6.45, 7) is 4.23. The number of hydrogen-bond donors (Lipinski definition) is 0. The van der Waals surface area contributed by atoms with Crippen LogP contribution in [0.15, 0.2) is 48.5 Å². The van der Waals surface area contributed by atoms with Gasteiger partial charge < -0.3 is 14.3 Å². The van der Waals surface area contributed by atoms with E-state index in [1.54, 1.807) is 7.11 Å². The van der Waals surface area contributed by atoms with Gasteiger partial charge in [-0.3, -0.25) is 0 Å². The Morgan fingerprint density at radius 1 is 0.818 bits per heavy atom. The van der Waals surface area contributed by atoms with Crippen LogP contribution in [0.1, 0.15) is 31.7 Å². The maximum atomic E-state index is 8.00. The molecule has 0 fully saturated rings. The molecule has 0 aromatic heterocycles. The Morgan fingerprint density at radius 2 is 1.32 bits per heavy atom. The van der Waals surface area contributed by atoms with Gasteiger partial charge in [-0.2, -0.15) is 0 Å². The second-order valence-corrected chi connectivity index (χ2v) is 4.88. The van der Waals surface area contributed by atoms with Crippen molar-refractivity contribution in [1.29, 1.82) is 0 Å². The van der Waals surface area contributed by atoms with E-state index in [1.165, 1.54) is 24.8 Å². The minimum absolute atomic E-state index is 0.824. The minimum atomic E-state index is 0.824. The third kappa shape index (κ3) is 6.00. The molecule has 0 radical (unpaired) electrons. The summed E-state index contributed by atoms with van der Waals surface area (Å²) >= 11 is 0. The number of ether oxygens (including phenoxy) is 2. The lowest BCUT2D eigenvalue weighted by Gasteiger charge is -2.07. The number of benzene rings is 2. The predicted octanol–water partition coefficient (Wildman–Crippen LogP) is 5.04. The van der Waals surface area contributed by atoms with Gasteiger partial charge in [-0.25, -0.2) is 0 Å². The van der Waals surface area contributed by atoms with Crippen molar-refractivity contribution in [3.63, 3.8) is 0 Å². The summed E-state index contributed by atoms with van der Waals surface area (Å²) in [6, 6.07) is 16.0. The molecule has 0 atom stereocenters. The van der Waals surface area contributed by atoms with Crippen LogP contribution in [0.3, 0.4) is 0 Å². The van der Waals surface area contributed by atoms with Crippen LogP contribution in [-0.2, 0) is 11.2 Å². The van der Waals surface area contributed by atoms with Crippen molar-refractivity contribution < 1.29 is 14.3 Å². The average molecular weight is 300 g/mol. The smallest absolute Gasteiger partial charge is 0.127 e. The van der Waals surface area contributed by atoms with Crippen LogP contribution in [0.5, 0.6) is 17.2 Å². The molecule has 0 saturated carbocycles. The molecule has 0 spiro atoms. The molecule has 2 aromatic carbocycles. The van der Waals surface area contributed by atoms with Gasteiger partial charge in [-0.05, 0) is 54.8 Å². The standard InChI is InChI=1S/C18H22O2.CH2O/c1-3-4-5-6-15-7-9-17(10-8-15)20-18-13-11-16(19-2)12-14-18;1-2/h7-14H,3-6H2,1-2H3;1H2. The van der Waals surface area contributed by atoms with Crippen molar-refractivity contribution in [2.75, 3.05) is 7.11 Å². The predicted molar refractivity (Wildman–Crippen MR) is 89.9 cm³/mol. The average Bonchev–Trinajstić information content (AvgIpc) is 2.59. The van der Waals surface area contributed by atoms with Crippen molar-refractivity contribution >= 4 is 6.79 Å². The summed E-state index contributed by atoms with van der Waals surface area (Å²) in [5.41, 5.74) is 1.38. The summed E-state index contributed by atoms with van der Waals surface area (Å²) in [6.07, 6.45) is 4.97. The van der Waals surface area contributed by atoms with E-state index in [0.29, 0.717) is 0 Å². The minimum Gasteiger partial charge on any atom is -0.497 e. The fourth-order valence-corrected chi connectivity index (χ4v) is 2.08. The molecule has 3 nitrogen and oxygen atoms in total. The van der Waals surface area contributed by atoms with Crippen LogP contribution in [-0.4, -0.2) is 13.9 Å². The Morgan fingerprint density at radius 3 is 1.82 bits per heavy atom. The van der Waals surface area contributed by atoms with Gasteiger partial charge in [0.2, 0.25) is 0 Å². The first-order chi connectivity index (χ1) is 10.8. The highest BCUT2D eigenvalue weighted by Gasteiger charge is 1.99. The quantitative estimate of drug-likeness (QED) is 0.672. The zero-order chi connectivity index (χ0) is 16.2. The van der Waals surface area contributed by atoms with E-state index in [4.69, 9.17) is 14.3 Å². The number of rotatable bonds is 7. The fraction of sp³-hybridized carbons (Fsp3) is 0.316. The number of carbonyl (C=O) groups is 1. The molecule has 0 aliphatic rings. The fourth-order valence-electron chi connectivity index (χ4n) is 2.08. The summed E-state index contributed by atoms with van der Waals surface area (Å²) in [5, 5.41) is 0. The third-order valence-corrected chi connectivity index (χ3v) is 3.29. The van der Waals surface area contributed by atoms with E-state index >= 15 is 0 Å². The lowest BCUT2D eigenvalue weighted by molar-refractivity contribution is -0.0979. The Kier molecular flexibility index (Phi) is 8.43. The Bertz CT molecular complexity index is 517. The number of aryl methyl sites for hydroxylation is 1. The van der Waals surface area contributed by atoms with E-state index in [9.17, 15) is 0 Å². The molecule has 0 aliphatic carbocycles. The second kappa shape index (κ2) is 10.4. The monoisotopic (exact) mass is 300 g/mol. The molecule has 0 amide bonds. The number of carbonyl (C=O) groups excluding carboxylic acids is 1. The van der Waals surface area contributed by atoms with E-state index in [-0.39, 0.29) is 0 Å². The molecule has 2 aromatic rings. The molecule has 0 aliphatic heterocycles. The molecule has 0 bridgehead atoms. The Labute approximate surface area is 132 Å². The van der Waals surface area contributed by atoms with Gasteiger partial charge in [0, 0.05) is 0 Å². The number of hydrogen-bond acceptors (Lipinski definition) is 3. The zero-order valence-corrected chi connectivity index (χ0v) is 13.4. The summed E-state index contributed by atoms with van der Waals surface area (Å²) < 4.78 is 10.9. The van der Waals surface area contributed by atoms with Crippen LogP contribution in [0.25, 0.3) is 0 Å². The van der Waals surface area contributed by atoms with E-state index in [0.717, 1.165) is 23.7 Å². The molecule has 0 unspecified atom stereocenters. The molecule has 0 saturated heterocycles. The summed E-state index contributed by atoms with van der Waals surface area (Å²) in [7, 11) is 1.66. The highest BCUT2D eigenvalue weighted by Crippen LogP contribution is 2.24. The van der Waals surface area contributed by atoms with Crippen molar-refractivity contribution in [2.45, 2.75) is 32.6 Å². The topological polar surface area (TPSA) is 35.5 Å². The van der Waals surface area contributed by atoms with Crippen molar-refractivity contribution in [3.05, 3.63) is 54.1 Å². The Hall–Kier alpha value is -2.29. The molecule has 22 heavy (non-hydrogen) atoms. The number of methoxy groups -OCH3 is 1. The van der Waals surface area contributed by atoms with Gasteiger partial charge in [0.1, 0.15) is 24.0 Å². The first-order valence-corrected chi connectivity index (χ1v) is 7.51. The molecule has 118 valence electrons. The summed E-state index contributed by atoms with van der Waals surface area (Å²) in [5.74, 6) is 2.53. The van der Waals surface area contributed by atoms with Gasteiger partial charge >= 0.3 is 0 Å². The molecular weight excluding hydrogens is 276 g/mol. The lowest BCUT2D eigenvalue weighted by Crippen LogP contribution is -1.88. The van der Waals surface area contributed by atoms with Gasteiger partial charge in [0.15, 0.2) is 0 Å². The lowest BCUT2D eigenvalue weighted by atomic mass is 10.1. The van der Waals surface area contributed by atoms with E-state index in [2.05, 4.69) is 19.1 Å². The third-order valence-electron chi connectivity index (χ3n) is 3.29. The molecule has 0 heterocycles. The zero-order valence-electron chi connectivity index (χ0n) is 13.4. The molecular formula is C19H24O3. The van der Waals surface area contributed by atoms with Gasteiger partial charge in [-0.1, -0.05) is 31.9 Å². The molecule has 0 N–H and O–H groups in total. The van der Waals surface area contributed by atoms with Crippen LogP contribution >= 0.6 is 0 Å². The van der Waals surface area contributed by atoms with Crippen LogP contribution in [0.2, 0.25) is 0 Å². The first-order valence-electron chi connectivity index (χ1n) is 7.51. The van der Waals surface area contributed by atoms with Crippen LogP contribution < -0.4 is 9.47 Å². The normalized spacial score (nSPS) is 9.55. The van der Waals surface area contributed by atoms with Crippen molar-refractivity contribution in [1.82, 2.24) is 0 Å². The maximum Gasteiger partial charge on any atom is 0.127 e. The van der Waals surface area contributed by atoms with E-state index < -0.39 is 0 Å². The highest BCUT2D eigenvalue weighted by molar-refractivity contribution is 5.36. The first kappa shape index (κ1) is 17.8. The van der Waals surface area contributed by atoms with Crippen LogP contribution in [0, 0.1) is 0 Å². The van der Waals surface area contributed by atoms with Crippen molar-refractivity contribution in [2.24, 2.45) is 0 Å². The Balaban J connectivity index is 0.00000116. The van der Waals surface area contributed by atoms with Gasteiger partial charge in [-0.15, -0.1) is 0 Å². The molecule has 3 heteroatoms. The molecule has 2 rings (SSSR count). The second-order valence-electron chi connectivity index (χ2n) is 4.88. The van der Waals surface area contributed by atoms with Gasteiger partial charge in [0.05, 0.1) is 7.11 Å². The van der Waals surface area contributed by atoms with Gasteiger partial charge in [0.25, 0.3) is 0 Å². The summed E-state index contributed by atoms with van der Waals surface area (Å²) in [4.78, 5) is 8.00. The van der Waals surface area contributed by atoms with Crippen LogP contribution in [0.4, 0.5) is 0 Å². The highest BCUT2D eigenvalue weighted by atomic mass is 16.5. The van der Waals surface area contributed by atoms with E-state index in [1.807, 2.05) is 43.2 Å². The SMILES string of the molecule is C=O.CCCCCc1ccc(Oc2ccc(OC)cc2)cc1. The maximum absolute atomic E-state index is 8.00. The number of unbranched alkanes of at least 4 members (excludes halogenated alkanes) is 2.